The maximum Gasteiger partial charge on any atom is 0.0948 e. The molecule has 0 saturated carbocycles. The smallest absolute Gasteiger partial charge is 0.0948 e. The van der Waals surface area contributed by atoms with Gasteiger partial charge in [0.25, 0.3) is 0 Å². The molecular formula is C11H21N3O. The molecule has 4 nitrogen and oxygen atoms in total. The molecule has 15 heavy (non-hydrogen) atoms. The van der Waals surface area contributed by atoms with Gasteiger partial charge in [-0.3, -0.25) is 0 Å². The summed E-state index contributed by atoms with van der Waals surface area (Å²) in [6.07, 6.45) is 4.48. The van der Waals surface area contributed by atoms with Gasteiger partial charge < -0.3 is 15.0 Å². The average molecular weight is 211 g/mol. The van der Waals surface area contributed by atoms with Crippen molar-refractivity contribution in [3.8, 4) is 0 Å². The molecule has 0 amide bonds. The third-order valence-corrected chi connectivity index (χ3v) is 2.62. The van der Waals surface area contributed by atoms with Gasteiger partial charge in [-0.25, -0.2) is 4.98 Å². The molecular weight excluding hydrogens is 190 g/mol. The van der Waals surface area contributed by atoms with Crippen molar-refractivity contribution in [2.24, 2.45) is 0 Å². The SMILES string of the molecule is CCn1cncc1CNC(C)(C)CCO. The first-order chi connectivity index (χ1) is 7.09. The van der Waals surface area contributed by atoms with E-state index >= 15 is 0 Å². The number of rotatable bonds is 6. The van der Waals surface area contributed by atoms with Gasteiger partial charge in [0.2, 0.25) is 0 Å². The van der Waals surface area contributed by atoms with Crippen LogP contribution in [0.3, 0.4) is 0 Å². The lowest BCUT2D eigenvalue weighted by Crippen LogP contribution is -2.39. The van der Waals surface area contributed by atoms with E-state index in [1.54, 1.807) is 0 Å². The third kappa shape index (κ3) is 3.64. The van der Waals surface area contributed by atoms with Gasteiger partial charge in [0, 0.05) is 31.4 Å². The second-order valence-electron chi connectivity index (χ2n) is 4.38. The van der Waals surface area contributed by atoms with Crippen molar-refractivity contribution >= 4 is 0 Å². The van der Waals surface area contributed by atoms with E-state index in [-0.39, 0.29) is 12.1 Å². The highest BCUT2D eigenvalue weighted by Crippen LogP contribution is 2.09. The topological polar surface area (TPSA) is 50.1 Å². The van der Waals surface area contributed by atoms with E-state index in [9.17, 15) is 0 Å². The van der Waals surface area contributed by atoms with Crippen LogP contribution in [0.1, 0.15) is 32.9 Å². The summed E-state index contributed by atoms with van der Waals surface area (Å²) in [5, 5.41) is 12.3. The fraction of sp³-hybridized carbons (Fsp3) is 0.727. The summed E-state index contributed by atoms with van der Waals surface area (Å²) < 4.78 is 2.11. The maximum atomic E-state index is 8.90. The quantitative estimate of drug-likeness (QED) is 0.742. The molecule has 0 spiro atoms. The summed E-state index contributed by atoms with van der Waals surface area (Å²) in [7, 11) is 0. The van der Waals surface area contributed by atoms with E-state index in [1.165, 1.54) is 5.69 Å². The number of aromatic nitrogens is 2. The molecule has 1 heterocycles. The number of aryl methyl sites for hydroxylation is 1. The van der Waals surface area contributed by atoms with Crippen molar-refractivity contribution in [2.75, 3.05) is 6.61 Å². The van der Waals surface area contributed by atoms with E-state index in [1.807, 2.05) is 12.5 Å². The van der Waals surface area contributed by atoms with Crippen molar-refractivity contribution < 1.29 is 5.11 Å². The minimum absolute atomic E-state index is 0.0302. The molecule has 0 radical (unpaired) electrons. The highest BCUT2D eigenvalue weighted by Gasteiger charge is 2.16. The molecule has 86 valence electrons. The standard InChI is InChI=1S/C11H21N3O/c1-4-14-9-12-7-10(14)8-13-11(2,3)5-6-15/h7,9,13,15H,4-6,8H2,1-3H3. The van der Waals surface area contributed by atoms with Crippen LogP contribution in [-0.2, 0) is 13.1 Å². The predicted molar refractivity (Wildman–Crippen MR) is 60.5 cm³/mol. The van der Waals surface area contributed by atoms with Crippen molar-refractivity contribution in [1.82, 2.24) is 14.9 Å². The van der Waals surface area contributed by atoms with Crippen LogP contribution < -0.4 is 5.32 Å². The highest BCUT2D eigenvalue weighted by molar-refractivity contribution is 4.98. The molecule has 0 aliphatic heterocycles. The van der Waals surface area contributed by atoms with Crippen molar-refractivity contribution in [2.45, 2.75) is 45.8 Å². The van der Waals surface area contributed by atoms with Crippen LogP contribution in [0, 0.1) is 0 Å². The van der Waals surface area contributed by atoms with Crippen LogP contribution in [0.5, 0.6) is 0 Å². The van der Waals surface area contributed by atoms with E-state index < -0.39 is 0 Å². The molecule has 0 bridgehead atoms. The Hall–Kier alpha value is -0.870. The third-order valence-electron chi connectivity index (χ3n) is 2.62. The Morgan fingerprint density at radius 1 is 1.53 bits per heavy atom. The second-order valence-corrected chi connectivity index (χ2v) is 4.38. The van der Waals surface area contributed by atoms with E-state index in [0.29, 0.717) is 0 Å². The Bertz CT molecular complexity index is 294. The number of aliphatic hydroxyl groups excluding tert-OH is 1. The van der Waals surface area contributed by atoms with Gasteiger partial charge in [-0.2, -0.15) is 0 Å². The fourth-order valence-corrected chi connectivity index (χ4v) is 1.48. The predicted octanol–water partition coefficient (Wildman–Crippen LogP) is 1.15. The largest absolute Gasteiger partial charge is 0.396 e. The van der Waals surface area contributed by atoms with Gasteiger partial charge in [-0.05, 0) is 27.2 Å². The fourth-order valence-electron chi connectivity index (χ4n) is 1.48. The van der Waals surface area contributed by atoms with Gasteiger partial charge in [-0.1, -0.05) is 0 Å². The molecule has 0 fully saturated rings. The molecule has 1 aromatic rings. The first-order valence-corrected chi connectivity index (χ1v) is 5.44. The van der Waals surface area contributed by atoms with Gasteiger partial charge in [0.05, 0.1) is 12.0 Å². The molecule has 1 rings (SSSR count). The summed E-state index contributed by atoms with van der Waals surface area (Å²) in [4.78, 5) is 4.11. The highest BCUT2D eigenvalue weighted by atomic mass is 16.3. The van der Waals surface area contributed by atoms with Gasteiger partial charge in [0.1, 0.15) is 0 Å². The molecule has 0 unspecified atom stereocenters. The Balaban J connectivity index is 2.49. The Kier molecular flexibility index (Phi) is 4.29. The zero-order valence-electron chi connectivity index (χ0n) is 9.82. The summed E-state index contributed by atoms with van der Waals surface area (Å²) in [6, 6.07) is 0. The van der Waals surface area contributed by atoms with Crippen molar-refractivity contribution in [1.29, 1.82) is 0 Å². The van der Waals surface area contributed by atoms with E-state index in [4.69, 9.17) is 5.11 Å². The molecule has 0 saturated heterocycles. The van der Waals surface area contributed by atoms with Crippen LogP contribution in [0.4, 0.5) is 0 Å². The Morgan fingerprint density at radius 2 is 2.27 bits per heavy atom. The summed E-state index contributed by atoms with van der Waals surface area (Å²) in [5.74, 6) is 0. The number of nitrogens with one attached hydrogen (secondary N) is 1. The zero-order valence-corrected chi connectivity index (χ0v) is 9.82. The number of hydrogen-bond donors (Lipinski definition) is 2. The number of hydrogen-bond acceptors (Lipinski definition) is 3. The summed E-state index contributed by atoms with van der Waals surface area (Å²) >= 11 is 0. The lowest BCUT2D eigenvalue weighted by Gasteiger charge is -2.25. The normalized spacial score (nSPS) is 12.0. The second kappa shape index (κ2) is 5.28. The van der Waals surface area contributed by atoms with Gasteiger partial charge in [-0.15, -0.1) is 0 Å². The van der Waals surface area contributed by atoms with Crippen LogP contribution in [0.25, 0.3) is 0 Å². The van der Waals surface area contributed by atoms with Gasteiger partial charge >= 0.3 is 0 Å². The van der Waals surface area contributed by atoms with E-state index in [2.05, 4.69) is 35.6 Å². The Labute approximate surface area is 91.3 Å². The van der Waals surface area contributed by atoms with Crippen LogP contribution >= 0.6 is 0 Å². The van der Waals surface area contributed by atoms with Crippen LogP contribution in [-0.4, -0.2) is 26.8 Å². The van der Waals surface area contributed by atoms with Gasteiger partial charge in [0.15, 0.2) is 0 Å². The monoisotopic (exact) mass is 211 g/mol. The average Bonchev–Trinajstić information content (AvgIpc) is 2.62. The molecule has 0 aromatic carbocycles. The maximum absolute atomic E-state index is 8.90. The molecule has 0 aliphatic rings. The minimum Gasteiger partial charge on any atom is -0.396 e. The zero-order chi connectivity index (χ0) is 11.3. The molecule has 4 heteroatoms. The van der Waals surface area contributed by atoms with Crippen molar-refractivity contribution in [3.63, 3.8) is 0 Å². The molecule has 1 aromatic heterocycles. The molecule has 0 atom stereocenters. The molecule has 2 N–H and O–H groups in total. The first-order valence-electron chi connectivity index (χ1n) is 5.44. The van der Waals surface area contributed by atoms with E-state index in [0.717, 1.165) is 19.5 Å². The number of nitrogens with zero attached hydrogens (tertiary/aromatic N) is 2. The number of aliphatic hydroxyl groups is 1. The Morgan fingerprint density at radius 3 is 2.87 bits per heavy atom. The lowest BCUT2D eigenvalue weighted by molar-refractivity contribution is 0.229. The first kappa shape index (κ1) is 12.2. The molecule has 0 aliphatic carbocycles. The lowest BCUT2D eigenvalue weighted by atomic mass is 10.0. The summed E-state index contributed by atoms with van der Waals surface area (Å²) in [5.41, 5.74) is 1.15. The summed E-state index contributed by atoms with van der Waals surface area (Å²) in [6.45, 7) is 8.24. The van der Waals surface area contributed by atoms with Crippen molar-refractivity contribution in [3.05, 3.63) is 18.2 Å². The van der Waals surface area contributed by atoms with Crippen LogP contribution in [0.2, 0.25) is 0 Å². The minimum atomic E-state index is -0.0302. The number of imidazole rings is 1. The van der Waals surface area contributed by atoms with Crippen LogP contribution in [0.15, 0.2) is 12.5 Å².